The molecule has 0 saturated carbocycles. The van der Waals surface area contributed by atoms with Crippen molar-refractivity contribution in [1.82, 2.24) is 0 Å². The van der Waals surface area contributed by atoms with Crippen molar-refractivity contribution in [3.63, 3.8) is 0 Å². The lowest BCUT2D eigenvalue weighted by molar-refractivity contribution is -0.111. The molecular weight excluding hydrogens is 226 g/mol. The molecule has 1 aliphatic heterocycles. The molecule has 15 heavy (non-hydrogen) atoms. The van der Waals surface area contributed by atoms with Gasteiger partial charge in [0.1, 0.15) is 6.29 Å². The SMILES string of the molecule is CSc1ccc(N2CCC(C=O)CC2)s1. The van der Waals surface area contributed by atoms with Crippen LogP contribution in [0, 0.1) is 5.92 Å². The number of hydrogen-bond acceptors (Lipinski definition) is 4. The summed E-state index contributed by atoms with van der Waals surface area (Å²) in [6.07, 6.45) is 5.24. The van der Waals surface area contributed by atoms with Gasteiger partial charge in [-0.15, -0.1) is 23.1 Å². The van der Waals surface area contributed by atoms with Crippen molar-refractivity contribution >= 4 is 34.4 Å². The van der Waals surface area contributed by atoms with Crippen molar-refractivity contribution < 1.29 is 4.79 Å². The standard InChI is InChI=1S/C11H15NOS2/c1-14-11-3-2-10(15-11)12-6-4-9(8-13)5-7-12/h2-3,8-9H,4-7H2,1H3. The maximum atomic E-state index is 10.6. The van der Waals surface area contributed by atoms with Crippen LogP contribution in [0.5, 0.6) is 0 Å². The van der Waals surface area contributed by atoms with Crippen molar-refractivity contribution in [2.45, 2.75) is 17.1 Å². The molecule has 4 heteroatoms. The topological polar surface area (TPSA) is 20.3 Å². The van der Waals surface area contributed by atoms with Crippen LogP contribution in [-0.4, -0.2) is 25.6 Å². The maximum Gasteiger partial charge on any atom is 0.123 e. The Morgan fingerprint density at radius 1 is 1.47 bits per heavy atom. The minimum Gasteiger partial charge on any atom is -0.363 e. The van der Waals surface area contributed by atoms with Crippen LogP contribution < -0.4 is 4.90 Å². The molecule has 1 fully saturated rings. The predicted octanol–water partition coefficient (Wildman–Crippen LogP) is 2.89. The zero-order valence-electron chi connectivity index (χ0n) is 8.81. The molecule has 0 atom stereocenters. The van der Waals surface area contributed by atoms with E-state index in [1.165, 1.54) is 9.21 Å². The zero-order chi connectivity index (χ0) is 10.7. The second kappa shape index (κ2) is 5.03. The number of thiophene rings is 1. The summed E-state index contributed by atoms with van der Waals surface area (Å²) in [5.41, 5.74) is 0. The Balaban J connectivity index is 1.97. The van der Waals surface area contributed by atoms with E-state index in [1.54, 1.807) is 11.8 Å². The largest absolute Gasteiger partial charge is 0.363 e. The first-order chi connectivity index (χ1) is 7.33. The van der Waals surface area contributed by atoms with Crippen molar-refractivity contribution in [1.29, 1.82) is 0 Å². The van der Waals surface area contributed by atoms with Crippen molar-refractivity contribution in [3.8, 4) is 0 Å². The van der Waals surface area contributed by atoms with Crippen molar-refractivity contribution in [3.05, 3.63) is 12.1 Å². The number of piperidine rings is 1. The molecule has 2 rings (SSSR count). The summed E-state index contributed by atoms with van der Waals surface area (Å²) in [5, 5.41) is 1.35. The van der Waals surface area contributed by atoms with Crippen LogP contribution in [0.1, 0.15) is 12.8 Å². The van der Waals surface area contributed by atoms with E-state index in [0.717, 1.165) is 32.2 Å². The van der Waals surface area contributed by atoms with Gasteiger partial charge in [0.25, 0.3) is 0 Å². The highest BCUT2D eigenvalue weighted by molar-refractivity contribution is 8.00. The van der Waals surface area contributed by atoms with Crippen LogP contribution in [0.15, 0.2) is 16.3 Å². The molecule has 0 N–H and O–H groups in total. The van der Waals surface area contributed by atoms with Gasteiger partial charge in [-0.25, -0.2) is 0 Å². The van der Waals surface area contributed by atoms with E-state index in [0.29, 0.717) is 5.92 Å². The van der Waals surface area contributed by atoms with Crippen LogP contribution in [0.25, 0.3) is 0 Å². The Kier molecular flexibility index (Phi) is 3.70. The van der Waals surface area contributed by atoms with E-state index in [9.17, 15) is 4.79 Å². The molecule has 1 aromatic heterocycles. The van der Waals surface area contributed by atoms with Gasteiger partial charge in [0, 0.05) is 19.0 Å². The van der Waals surface area contributed by atoms with Gasteiger partial charge in [-0.1, -0.05) is 0 Å². The third-order valence-corrected chi connectivity index (χ3v) is 5.04. The van der Waals surface area contributed by atoms with E-state index in [-0.39, 0.29) is 0 Å². The van der Waals surface area contributed by atoms with Gasteiger partial charge in [0.15, 0.2) is 0 Å². The lowest BCUT2D eigenvalue weighted by Gasteiger charge is -2.30. The van der Waals surface area contributed by atoms with Crippen molar-refractivity contribution in [2.24, 2.45) is 5.92 Å². The monoisotopic (exact) mass is 241 g/mol. The highest BCUT2D eigenvalue weighted by Gasteiger charge is 2.19. The Morgan fingerprint density at radius 3 is 2.73 bits per heavy atom. The summed E-state index contributed by atoms with van der Waals surface area (Å²) >= 11 is 3.64. The molecule has 2 heterocycles. The average molecular weight is 241 g/mol. The van der Waals surface area contributed by atoms with Crippen molar-refractivity contribution in [2.75, 3.05) is 24.2 Å². The third-order valence-electron chi connectivity index (χ3n) is 2.81. The summed E-state index contributed by atoms with van der Waals surface area (Å²) in [5.74, 6) is 0.293. The fraction of sp³-hybridized carbons (Fsp3) is 0.545. The van der Waals surface area contributed by atoms with Crippen LogP contribution in [0.3, 0.4) is 0 Å². The minimum absolute atomic E-state index is 0.293. The number of hydrogen-bond donors (Lipinski definition) is 0. The first-order valence-corrected chi connectivity index (χ1v) is 7.21. The molecule has 1 saturated heterocycles. The fourth-order valence-corrected chi connectivity index (χ4v) is 3.43. The highest BCUT2D eigenvalue weighted by Crippen LogP contribution is 2.33. The fourth-order valence-electron chi connectivity index (χ4n) is 1.85. The molecule has 0 spiro atoms. The molecule has 82 valence electrons. The van der Waals surface area contributed by atoms with Gasteiger partial charge < -0.3 is 9.69 Å². The summed E-state index contributed by atoms with van der Waals surface area (Å²) < 4.78 is 1.36. The lowest BCUT2D eigenvalue weighted by atomic mass is 9.99. The van der Waals surface area contributed by atoms with Gasteiger partial charge in [-0.05, 0) is 31.2 Å². The van der Waals surface area contributed by atoms with Crippen LogP contribution in [0.2, 0.25) is 0 Å². The van der Waals surface area contributed by atoms with Gasteiger partial charge in [-0.2, -0.15) is 0 Å². The first-order valence-electron chi connectivity index (χ1n) is 5.17. The molecule has 0 radical (unpaired) electrons. The summed E-state index contributed by atoms with van der Waals surface area (Å²) in [6.45, 7) is 2.05. The van der Waals surface area contributed by atoms with Gasteiger partial charge in [0.05, 0.1) is 9.21 Å². The molecule has 1 aliphatic rings. The summed E-state index contributed by atoms with van der Waals surface area (Å²) in [6, 6.07) is 4.37. The lowest BCUT2D eigenvalue weighted by Crippen LogP contribution is -2.33. The number of anilines is 1. The van der Waals surface area contributed by atoms with E-state index in [1.807, 2.05) is 11.3 Å². The Hall–Kier alpha value is -0.480. The average Bonchev–Trinajstić information content (AvgIpc) is 2.78. The van der Waals surface area contributed by atoms with Gasteiger partial charge >= 0.3 is 0 Å². The molecule has 2 nitrogen and oxygen atoms in total. The summed E-state index contributed by atoms with van der Waals surface area (Å²) in [4.78, 5) is 13.0. The third kappa shape index (κ3) is 2.55. The first kappa shape index (κ1) is 11.0. The van der Waals surface area contributed by atoms with E-state index in [2.05, 4.69) is 23.3 Å². The quantitative estimate of drug-likeness (QED) is 0.599. The summed E-state index contributed by atoms with van der Waals surface area (Å²) in [7, 11) is 0. The number of nitrogens with zero attached hydrogens (tertiary/aromatic N) is 1. The predicted molar refractivity (Wildman–Crippen MR) is 67.1 cm³/mol. The molecule has 0 unspecified atom stereocenters. The number of carbonyl (C=O) groups excluding carboxylic acids is 1. The van der Waals surface area contributed by atoms with Crippen LogP contribution in [-0.2, 0) is 4.79 Å². The smallest absolute Gasteiger partial charge is 0.123 e. The second-order valence-electron chi connectivity index (χ2n) is 3.76. The van der Waals surface area contributed by atoms with Gasteiger partial charge in [0.2, 0.25) is 0 Å². The number of aldehydes is 1. The van der Waals surface area contributed by atoms with E-state index >= 15 is 0 Å². The normalized spacial score (nSPS) is 18.1. The van der Waals surface area contributed by atoms with E-state index < -0.39 is 0 Å². The zero-order valence-corrected chi connectivity index (χ0v) is 10.4. The molecule has 0 aromatic carbocycles. The van der Waals surface area contributed by atoms with Gasteiger partial charge in [-0.3, -0.25) is 0 Å². The highest BCUT2D eigenvalue weighted by atomic mass is 32.2. The number of rotatable bonds is 3. The second-order valence-corrected chi connectivity index (χ2v) is 5.93. The number of carbonyl (C=O) groups is 1. The molecule has 0 aliphatic carbocycles. The number of thioether (sulfide) groups is 1. The minimum atomic E-state index is 0.293. The Morgan fingerprint density at radius 2 is 2.20 bits per heavy atom. The molecule has 0 amide bonds. The maximum absolute atomic E-state index is 10.6. The Labute approximate surface area is 98.7 Å². The van der Waals surface area contributed by atoms with Crippen LogP contribution in [0.4, 0.5) is 5.00 Å². The Bertz CT molecular complexity index is 329. The molecule has 0 bridgehead atoms. The van der Waals surface area contributed by atoms with E-state index in [4.69, 9.17) is 0 Å². The van der Waals surface area contributed by atoms with Crippen LogP contribution >= 0.6 is 23.1 Å². The molecular formula is C11H15NOS2. The molecule has 1 aromatic rings.